The van der Waals surface area contributed by atoms with Gasteiger partial charge in [0.15, 0.2) is 4.34 Å². The highest BCUT2D eigenvalue weighted by molar-refractivity contribution is 8.01. The lowest BCUT2D eigenvalue weighted by Crippen LogP contribution is -2.28. The van der Waals surface area contributed by atoms with E-state index < -0.39 is 0 Å². The maximum atomic E-state index is 12.1. The molecule has 124 valence electrons. The van der Waals surface area contributed by atoms with Gasteiger partial charge in [0.05, 0.1) is 11.8 Å². The molecule has 0 bridgehead atoms. The molecule has 5 nitrogen and oxygen atoms in total. The van der Waals surface area contributed by atoms with Crippen LogP contribution in [-0.4, -0.2) is 28.4 Å². The lowest BCUT2D eigenvalue weighted by Gasteiger charge is -2.15. The summed E-state index contributed by atoms with van der Waals surface area (Å²) in [4.78, 5) is 12.1. The summed E-state index contributed by atoms with van der Waals surface area (Å²) in [6.07, 6.45) is 0. The van der Waals surface area contributed by atoms with Crippen LogP contribution in [0.15, 0.2) is 22.5 Å². The fourth-order valence-electron chi connectivity index (χ4n) is 2.02. The van der Waals surface area contributed by atoms with Crippen LogP contribution in [-0.2, 0) is 4.79 Å². The van der Waals surface area contributed by atoms with Gasteiger partial charge in [-0.1, -0.05) is 41.3 Å². The second kappa shape index (κ2) is 8.31. The van der Waals surface area contributed by atoms with Crippen molar-refractivity contribution in [1.29, 1.82) is 0 Å². The van der Waals surface area contributed by atoms with Crippen molar-refractivity contribution in [3.8, 4) is 0 Å². The third kappa shape index (κ3) is 5.21. The molecule has 0 aliphatic carbocycles. The van der Waals surface area contributed by atoms with E-state index in [1.807, 2.05) is 13.8 Å². The Kier molecular flexibility index (Phi) is 6.41. The van der Waals surface area contributed by atoms with Crippen LogP contribution in [0.25, 0.3) is 0 Å². The third-order valence-corrected chi connectivity index (χ3v) is 5.48. The Labute approximate surface area is 145 Å². The van der Waals surface area contributed by atoms with Crippen molar-refractivity contribution in [2.75, 3.05) is 17.6 Å². The summed E-state index contributed by atoms with van der Waals surface area (Å²) in [6, 6.07) is 6.27. The number of thioether (sulfide) groups is 1. The Morgan fingerprint density at radius 3 is 2.78 bits per heavy atom. The zero-order valence-corrected chi connectivity index (χ0v) is 15.5. The predicted molar refractivity (Wildman–Crippen MR) is 97.3 cm³/mol. The van der Waals surface area contributed by atoms with E-state index in [4.69, 9.17) is 0 Å². The molecular weight excluding hydrogens is 328 g/mol. The number of rotatable bonds is 7. The minimum absolute atomic E-state index is 0.000860. The van der Waals surface area contributed by atoms with Gasteiger partial charge in [-0.25, -0.2) is 0 Å². The molecule has 1 heterocycles. The number of aromatic nitrogens is 2. The highest BCUT2D eigenvalue weighted by atomic mass is 32.2. The van der Waals surface area contributed by atoms with Gasteiger partial charge < -0.3 is 10.6 Å². The van der Waals surface area contributed by atoms with E-state index in [1.165, 1.54) is 34.2 Å². The third-order valence-electron chi connectivity index (χ3n) is 3.47. The second-order valence-corrected chi connectivity index (χ2v) is 7.53. The first-order chi connectivity index (χ1) is 11.0. The van der Waals surface area contributed by atoms with Crippen LogP contribution < -0.4 is 10.6 Å². The second-order valence-electron chi connectivity index (χ2n) is 5.33. The molecule has 0 spiro atoms. The molecule has 1 aromatic carbocycles. The number of hydrogen-bond acceptors (Lipinski definition) is 6. The van der Waals surface area contributed by atoms with E-state index in [0.717, 1.165) is 21.6 Å². The van der Waals surface area contributed by atoms with Crippen molar-refractivity contribution in [3.63, 3.8) is 0 Å². The van der Waals surface area contributed by atoms with Crippen molar-refractivity contribution >= 4 is 34.1 Å². The van der Waals surface area contributed by atoms with Crippen LogP contribution in [0.5, 0.6) is 0 Å². The number of carbonyl (C=O) groups is 1. The van der Waals surface area contributed by atoms with Crippen LogP contribution in [0.1, 0.15) is 36.6 Å². The molecule has 7 heteroatoms. The number of carbonyl (C=O) groups excluding carboxylic acids is 1. The molecule has 1 atom stereocenters. The highest BCUT2D eigenvalue weighted by Gasteiger charge is 2.12. The standard InChI is InChI=1S/C16H22N4OS2/c1-5-17-15-19-20-16(23-15)22-9-14(21)18-12(4)13-7-6-10(2)11(3)8-13/h6-8,12H,5,9H2,1-4H3,(H,17,19)(H,18,21)/t12-/m0/s1. The SMILES string of the molecule is CCNc1nnc(SCC(=O)N[C@@H](C)c2ccc(C)c(C)c2)s1. The van der Waals surface area contributed by atoms with E-state index in [0.29, 0.717) is 5.75 Å². The first-order valence-electron chi connectivity index (χ1n) is 7.56. The minimum atomic E-state index is -0.00543. The van der Waals surface area contributed by atoms with Gasteiger partial charge in [-0.2, -0.15) is 0 Å². The molecule has 0 fully saturated rings. The maximum absolute atomic E-state index is 12.1. The van der Waals surface area contributed by atoms with Crippen molar-refractivity contribution in [3.05, 3.63) is 34.9 Å². The van der Waals surface area contributed by atoms with E-state index in [1.54, 1.807) is 0 Å². The van der Waals surface area contributed by atoms with Gasteiger partial charge in [0, 0.05) is 6.54 Å². The quantitative estimate of drug-likeness (QED) is 0.748. The van der Waals surface area contributed by atoms with Gasteiger partial charge in [0.1, 0.15) is 0 Å². The van der Waals surface area contributed by atoms with E-state index in [-0.39, 0.29) is 11.9 Å². The molecule has 0 saturated carbocycles. The molecule has 0 unspecified atom stereocenters. The molecule has 0 aliphatic heterocycles. The minimum Gasteiger partial charge on any atom is -0.360 e. The van der Waals surface area contributed by atoms with E-state index in [2.05, 4.69) is 52.9 Å². The van der Waals surface area contributed by atoms with Crippen molar-refractivity contribution in [2.45, 2.75) is 38.1 Å². The molecule has 0 aliphatic rings. The molecule has 0 saturated heterocycles. The number of amides is 1. The van der Waals surface area contributed by atoms with E-state index >= 15 is 0 Å². The number of nitrogens with zero attached hydrogens (tertiary/aromatic N) is 2. The summed E-state index contributed by atoms with van der Waals surface area (Å²) >= 11 is 2.88. The fraction of sp³-hybridized carbons (Fsp3) is 0.438. The number of nitrogens with one attached hydrogen (secondary N) is 2. The summed E-state index contributed by atoms with van der Waals surface area (Å²) in [5.74, 6) is 0.344. The van der Waals surface area contributed by atoms with Crippen LogP contribution in [0, 0.1) is 13.8 Å². The molecular formula is C16H22N4OS2. The first kappa shape index (κ1) is 17.7. The van der Waals surface area contributed by atoms with Gasteiger partial charge in [-0.05, 0) is 44.4 Å². The number of benzene rings is 1. The maximum Gasteiger partial charge on any atom is 0.230 e. The van der Waals surface area contributed by atoms with Crippen LogP contribution in [0.3, 0.4) is 0 Å². The number of aryl methyl sites for hydroxylation is 2. The molecule has 2 N–H and O–H groups in total. The highest BCUT2D eigenvalue weighted by Crippen LogP contribution is 2.25. The van der Waals surface area contributed by atoms with Crippen molar-refractivity contribution < 1.29 is 4.79 Å². The van der Waals surface area contributed by atoms with Crippen molar-refractivity contribution in [2.24, 2.45) is 0 Å². The molecule has 0 radical (unpaired) electrons. The Bertz CT molecular complexity index is 672. The summed E-state index contributed by atoms with van der Waals surface area (Å²) in [7, 11) is 0. The Morgan fingerprint density at radius 1 is 1.30 bits per heavy atom. The van der Waals surface area contributed by atoms with Gasteiger partial charge >= 0.3 is 0 Å². The molecule has 2 aromatic rings. The smallest absolute Gasteiger partial charge is 0.230 e. The summed E-state index contributed by atoms with van der Waals surface area (Å²) in [5, 5.41) is 15.0. The lowest BCUT2D eigenvalue weighted by molar-refractivity contribution is -0.119. The Hall–Kier alpha value is -1.60. The average molecular weight is 351 g/mol. The van der Waals surface area contributed by atoms with E-state index in [9.17, 15) is 4.79 Å². The van der Waals surface area contributed by atoms with Gasteiger partial charge in [-0.15, -0.1) is 10.2 Å². The van der Waals surface area contributed by atoms with Gasteiger partial charge in [0.25, 0.3) is 0 Å². The molecule has 23 heavy (non-hydrogen) atoms. The normalized spacial score (nSPS) is 12.0. The number of hydrogen-bond donors (Lipinski definition) is 2. The molecule has 2 rings (SSSR count). The Balaban J connectivity index is 1.84. The van der Waals surface area contributed by atoms with Crippen molar-refractivity contribution in [1.82, 2.24) is 15.5 Å². The van der Waals surface area contributed by atoms with Crippen LogP contribution in [0.4, 0.5) is 5.13 Å². The largest absolute Gasteiger partial charge is 0.360 e. The Morgan fingerprint density at radius 2 is 2.09 bits per heavy atom. The monoisotopic (exact) mass is 350 g/mol. The molecule has 1 aromatic heterocycles. The topological polar surface area (TPSA) is 66.9 Å². The average Bonchev–Trinajstić information content (AvgIpc) is 2.96. The lowest BCUT2D eigenvalue weighted by atomic mass is 10.0. The summed E-state index contributed by atoms with van der Waals surface area (Å²) in [5.41, 5.74) is 3.62. The van der Waals surface area contributed by atoms with Crippen LogP contribution >= 0.6 is 23.1 Å². The predicted octanol–water partition coefficient (Wildman–Crippen LogP) is 3.56. The molecule has 1 amide bonds. The zero-order chi connectivity index (χ0) is 16.8. The number of anilines is 1. The summed E-state index contributed by atoms with van der Waals surface area (Å²) < 4.78 is 0.801. The fourth-order valence-corrected chi connectivity index (χ4v) is 3.65. The van der Waals surface area contributed by atoms with Crippen LogP contribution in [0.2, 0.25) is 0 Å². The van der Waals surface area contributed by atoms with Gasteiger partial charge in [0.2, 0.25) is 11.0 Å². The zero-order valence-electron chi connectivity index (χ0n) is 13.8. The summed E-state index contributed by atoms with van der Waals surface area (Å²) in [6.45, 7) is 8.99. The van der Waals surface area contributed by atoms with Gasteiger partial charge in [-0.3, -0.25) is 4.79 Å². The first-order valence-corrected chi connectivity index (χ1v) is 9.36.